The molecule has 1 unspecified atom stereocenters. The van der Waals surface area contributed by atoms with Crippen molar-refractivity contribution in [2.24, 2.45) is 0 Å². The van der Waals surface area contributed by atoms with E-state index in [-0.39, 0.29) is 12.0 Å². The second kappa shape index (κ2) is 12.1. The molecule has 120 valence electrons. The van der Waals surface area contributed by atoms with Crippen LogP contribution in [-0.2, 0) is 9.53 Å². The van der Waals surface area contributed by atoms with Gasteiger partial charge >= 0.3 is 5.97 Å². The van der Waals surface area contributed by atoms with Gasteiger partial charge in [0.15, 0.2) is 0 Å². The summed E-state index contributed by atoms with van der Waals surface area (Å²) in [5, 5.41) is 3.30. The fourth-order valence-corrected chi connectivity index (χ4v) is 1.99. The molecule has 1 N–H and O–H groups in total. The molecule has 0 rings (SSSR count). The molecule has 0 spiro atoms. The lowest BCUT2D eigenvalue weighted by molar-refractivity contribution is -0.146. The number of ether oxygens (including phenoxy) is 1. The molecule has 0 fully saturated rings. The lowest BCUT2D eigenvalue weighted by Crippen LogP contribution is -2.48. The van der Waals surface area contributed by atoms with Gasteiger partial charge in [-0.05, 0) is 47.0 Å². The highest BCUT2D eigenvalue weighted by molar-refractivity contribution is 5.76. The van der Waals surface area contributed by atoms with E-state index in [1.165, 1.54) is 0 Å². The van der Waals surface area contributed by atoms with Crippen molar-refractivity contribution in [2.45, 2.75) is 39.7 Å². The highest BCUT2D eigenvalue weighted by Crippen LogP contribution is 1.99. The molecule has 0 aliphatic heterocycles. The summed E-state index contributed by atoms with van der Waals surface area (Å²) in [4.78, 5) is 16.5. The minimum atomic E-state index is -0.219. The molecule has 0 aliphatic carbocycles. The van der Waals surface area contributed by atoms with Gasteiger partial charge in [-0.3, -0.25) is 9.69 Å². The predicted molar refractivity (Wildman–Crippen MR) is 84.0 cm³/mol. The normalized spacial score (nSPS) is 12.9. The first-order valence-electron chi connectivity index (χ1n) is 7.82. The summed E-state index contributed by atoms with van der Waals surface area (Å²) < 4.78 is 5.17. The van der Waals surface area contributed by atoms with Crippen molar-refractivity contribution in [1.82, 2.24) is 15.1 Å². The van der Waals surface area contributed by atoms with Gasteiger partial charge < -0.3 is 15.0 Å². The van der Waals surface area contributed by atoms with Crippen LogP contribution in [0, 0.1) is 0 Å². The average Bonchev–Trinajstić information content (AvgIpc) is 2.40. The maximum Gasteiger partial charge on any atom is 0.324 e. The molecule has 1 atom stereocenters. The number of nitrogens with one attached hydrogen (secondary N) is 1. The Morgan fingerprint density at radius 3 is 2.30 bits per heavy atom. The van der Waals surface area contributed by atoms with Gasteiger partial charge in [0, 0.05) is 19.6 Å². The zero-order valence-electron chi connectivity index (χ0n) is 13.9. The molecule has 5 nitrogen and oxygen atoms in total. The molecule has 0 saturated heterocycles. The summed E-state index contributed by atoms with van der Waals surface area (Å²) in [5.74, 6) is -0.132. The quantitative estimate of drug-likeness (QED) is 0.546. The molecular formula is C15H33N3O2. The molecule has 20 heavy (non-hydrogen) atoms. The fraction of sp³-hybridized carbons (Fsp3) is 0.933. The summed E-state index contributed by atoms with van der Waals surface area (Å²) in [6, 6.07) is -0.219. The average molecular weight is 287 g/mol. The van der Waals surface area contributed by atoms with Gasteiger partial charge in [0.2, 0.25) is 0 Å². The van der Waals surface area contributed by atoms with Crippen LogP contribution in [0.2, 0.25) is 0 Å². The number of nitrogens with zero attached hydrogens (tertiary/aromatic N) is 2. The number of carbonyl (C=O) groups excluding carboxylic acids is 1. The Hall–Kier alpha value is -0.650. The first-order valence-corrected chi connectivity index (χ1v) is 7.82. The summed E-state index contributed by atoms with van der Waals surface area (Å²) in [7, 11) is 4.14. The largest absolute Gasteiger partial charge is 0.465 e. The third-order valence-corrected chi connectivity index (χ3v) is 3.06. The van der Waals surface area contributed by atoms with Gasteiger partial charge in [0.1, 0.15) is 6.04 Å². The van der Waals surface area contributed by atoms with Gasteiger partial charge in [-0.25, -0.2) is 0 Å². The Morgan fingerprint density at radius 2 is 1.80 bits per heavy atom. The van der Waals surface area contributed by atoms with Crippen LogP contribution in [0.3, 0.4) is 0 Å². The third kappa shape index (κ3) is 9.28. The van der Waals surface area contributed by atoms with Crippen molar-refractivity contribution in [1.29, 1.82) is 0 Å². The van der Waals surface area contributed by atoms with Crippen LogP contribution in [0.4, 0.5) is 0 Å². The number of hydrogen-bond donors (Lipinski definition) is 1. The summed E-state index contributed by atoms with van der Waals surface area (Å²) >= 11 is 0. The molecular weight excluding hydrogens is 254 g/mol. The maximum absolute atomic E-state index is 12.0. The van der Waals surface area contributed by atoms with Crippen molar-refractivity contribution >= 4 is 5.97 Å². The van der Waals surface area contributed by atoms with Crippen LogP contribution >= 0.6 is 0 Å². The van der Waals surface area contributed by atoms with Crippen LogP contribution in [0.5, 0.6) is 0 Å². The monoisotopic (exact) mass is 287 g/mol. The highest BCUT2D eigenvalue weighted by atomic mass is 16.5. The number of esters is 1. The molecule has 5 heteroatoms. The van der Waals surface area contributed by atoms with Crippen molar-refractivity contribution in [3.05, 3.63) is 0 Å². The van der Waals surface area contributed by atoms with Crippen LogP contribution < -0.4 is 5.32 Å². The number of likely N-dealkylation sites (N-methyl/N-ethyl adjacent to an activating group) is 1. The highest BCUT2D eigenvalue weighted by Gasteiger charge is 2.21. The Kier molecular flexibility index (Phi) is 11.7. The first-order chi connectivity index (χ1) is 9.54. The van der Waals surface area contributed by atoms with Crippen molar-refractivity contribution < 1.29 is 9.53 Å². The summed E-state index contributed by atoms with van der Waals surface area (Å²) in [6.07, 6.45) is 2.11. The lowest BCUT2D eigenvalue weighted by Gasteiger charge is -2.27. The second-order valence-electron chi connectivity index (χ2n) is 5.36. The van der Waals surface area contributed by atoms with Gasteiger partial charge in [0.25, 0.3) is 0 Å². The molecule has 0 aliphatic rings. The van der Waals surface area contributed by atoms with Gasteiger partial charge in [0.05, 0.1) is 6.61 Å². The fourth-order valence-electron chi connectivity index (χ4n) is 1.99. The topological polar surface area (TPSA) is 44.8 Å². The van der Waals surface area contributed by atoms with E-state index in [1.807, 2.05) is 6.92 Å². The number of hydrogen-bond acceptors (Lipinski definition) is 5. The second-order valence-corrected chi connectivity index (χ2v) is 5.36. The molecule has 0 bridgehead atoms. The Balaban J connectivity index is 4.47. The van der Waals surface area contributed by atoms with Crippen LogP contribution in [-0.4, -0.2) is 75.2 Å². The molecule has 0 aromatic rings. The number of carbonyl (C=O) groups is 1. The molecule has 0 saturated carbocycles. The predicted octanol–water partition coefficient (Wildman–Crippen LogP) is 1.19. The summed E-state index contributed by atoms with van der Waals surface area (Å²) in [5.41, 5.74) is 0. The van der Waals surface area contributed by atoms with E-state index in [9.17, 15) is 4.79 Å². The van der Waals surface area contributed by atoms with Gasteiger partial charge in [-0.2, -0.15) is 0 Å². The molecule has 0 amide bonds. The molecule has 0 aromatic carbocycles. The Bertz CT molecular complexity index is 247. The summed E-state index contributed by atoms with van der Waals surface area (Å²) in [6.45, 7) is 11.1. The minimum Gasteiger partial charge on any atom is -0.465 e. The standard InChI is InChI=1S/C15H33N3O2/c1-6-9-16-14(15(19)20-8-3)13-18(10-7-2)12-11-17(4)5/h14,16H,6-13H2,1-5H3. The van der Waals surface area contributed by atoms with E-state index in [4.69, 9.17) is 4.74 Å². The minimum absolute atomic E-state index is 0.132. The zero-order valence-corrected chi connectivity index (χ0v) is 13.9. The smallest absolute Gasteiger partial charge is 0.324 e. The lowest BCUT2D eigenvalue weighted by atomic mass is 10.2. The third-order valence-electron chi connectivity index (χ3n) is 3.06. The van der Waals surface area contributed by atoms with Gasteiger partial charge in [-0.1, -0.05) is 13.8 Å². The van der Waals surface area contributed by atoms with Crippen LogP contribution in [0.25, 0.3) is 0 Å². The van der Waals surface area contributed by atoms with Crippen molar-refractivity contribution in [3.8, 4) is 0 Å². The van der Waals surface area contributed by atoms with Crippen molar-refractivity contribution in [2.75, 3.05) is 53.4 Å². The zero-order chi connectivity index (χ0) is 15.4. The van der Waals surface area contributed by atoms with Crippen LogP contribution in [0.1, 0.15) is 33.6 Å². The van der Waals surface area contributed by atoms with Gasteiger partial charge in [-0.15, -0.1) is 0 Å². The Morgan fingerprint density at radius 1 is 1.10 bits per heavy atom. The van der Waals surface area contributed by atoms with E-state index in [2.05, 4.69) is 43.1 Å². The molecule has 0 heterocycles. The van der Waals surface area contributed by atoms with Crippen LogP contribution in [0.15, 0.2) is 0 Å². The van der Waals surface area contributed by atoms with E-state index < -0.39 is 0 Å². The Labute approximate surface area is 124 Å². The first kappa shape index (κ1) is 19.4. The van der Waals surface area contributed by atoms with E-state index in [1.54, 1.807) is 0 Å². The van der Waals surface area contributed by atoms with E-state index >= 15 is 0 Å². The number of rotatable bonds is 12. The molecule has 0 aromatic heterocycles. The van der Waals surface area contributed by atoms with E-state index in [0.717, 1.165) is 45.6 Å². The molecule has 0 radical (unpaired) electrons. The SMILES string of the molecule is CCCNC(CN(CCC)CCN(C)C)C(=O)OCC. The van der Waals surface area contributed by atoms with E-state index in [0.29, 0.717) is 6.61 Å². The van der Waals surface area contributed by atoms with Crippen molar-refractivity contribution in [3.63, 3.8) is 0 Å². The maximum atomic E-state index is 12.0.